The number of amides is 1. The molecule has 0 fully saturated rings. The summed E-state index contributed by atoms with van der Waals surface area (Å²) in [5.41, 5.74) is 0.167. The van der Waals surface area contributed by atoms with Gasteiger partial charge in [-0.3, -0.25) is 4.79 Å². The minimum absolute atomic E-state index is 0.0833. The normalized spacial score (nSPS) is 9.81. The van der Waals surface area contributed by atoms with E-state index in [1.54, 1.807) is 0 Å². The lowest BCUT2D eigenvalue weighted by molar-refractivity contribution is -0.109. The van der Waals surface area contributed by atoms with Gasteiger partial charge in [-0.25, -0.2) is 9.59 Å². The lowest BCUT2D eigenvalue weighted by Gasteiger charge is -2.01. The summed E-state index contributed by atoms with van der Waals surface area (Å²) in [7, 11) is 0. The molecule has 27 heavy (non-hydrogen) atoms. The maximum Gasteiger partial charge on any atom is 0.335 e. The zero-order valence-corrected chi connectivity index (χ0v) is 16.3. The highest BCUT2D eigenvalue weighted by Crippen LogP contribution is 2.10. The maximum atomic E-state index is 10.3. The van der Waals surface area contributed by atoms with Crippen molar-refractivity contribution in [3.8, 4) is 0 Å². The van der Waals surface area contributed by atoms with E-state index in [1.165, 1.54) is 82.1 Å². The van der Waals surface area contributed by atoms with Crippen molar-refractivity contribution in [3.05, 3.63) is 35.4 Å². The fourth-order valence-corrected chi connectivity index (χ4v) is 2.53. The van der Waals surface area contributed by atoms with Gasteiger partial charge in [-0.05, 0) is 30.7 Å². The number of carboxylic acids is 2. The molecule has 152 valence electrons. The van der Waals surface area contributed by atoms with Crippen LogP contribution in [0.15, 0.2) is 24.3 Å². The van der Waals surface area contributed by atoms with Gasteiger partial charge in [0.05, 0.1) is 11.1 Å². The molecule has 6 nitrogen and oxygen atoms in total. The van der Waals surface area contributed by atoms with Crippen LogP contribution in [0.2, 0.25) is 0 Å². The van der Waals surface area contributed by atoms with Crippen molar-refractivity contribution in [2.45, 2.75) is 71.1 Å². The molecular formula is C21H33NO5. The lowest BCUT2D eigenvalue weighted by Crippen LogP contribution is -2.11. The molecule has 0 saturated heterocycles. The van der Waals surface area contributed by atoms with Crippen LogP contribution in [0.1, 0.15) is 91.8 Å². The molecule has 0 radical (unpaired) electrons. The number of carboxylic acid groups (broad SMARTS) is 2. The molecule has 1 rings (SSSR count). The van der Waals surface area contributed by atoms with Gasteiger partial charge in [0.2, 0.25) is 6.41 Å². The van der Waals surface area contributed by atoms with Crippen LogP contribution in [-0.2, 0) is 4.79 Å². The van der Waals surface area contributed by atoms with Crippen LogP contribution in [0.25, 0.3) is 0 Å². The Morgan fingerprint density at radius 2 is 1.15 bits per heavy atom. The Morgan fingerprint density at radius 1 is 0.778 bits per heavy atom. The Balaban J connectivity index is 0.000000511. The first kappa shape index (κ1) is 24.6. The fraction of sp³-hybridized carbons (Fsp3) is 0.571. The standard InChI is InChI=1S/C13H27NO.C8H6O4/c1-2-3-4-5-6-7-8-9-10-11-12-14-13-15;9-7(10)5-1-2-6(4-3-5)8(11)12/h13H,2-12H2,1H3,(H,14,15);1-4H,(H,9,10)(H,11,12). The number of benzene rings is 1. The average molecular weight is 379 g/mol. The molecule has 6 heteroatoms. The van der Waals surface area contributed by atoms with Crippen molar-refractivity contribution in [1.82, 2.24) is 5.32 Å². The van der Waals surface area contributed by atoms with Gasteiger partial charge in [0.25, 0.3) is 0 Å². The molecule has 0 aliphatic carbocycles. The van der Waals surface area contributed by atoms with Gasteiger partial charge in [-0.1, -0.05) is 64.7 Å². The minimum atomic E-state index is -1.06. The third-order valence-electron chi connectivity index (χ3n) is 4.14. The first-order valence-electron chi connectivity index (χ1n) is 9.76. The number of hydrogen-bond acceptors (Lipinski definition) is 3. The molecule has 0 saturated carbocycles. The van der Waals surface area contributed by atoms with Crippen LogP contribution in [-0.4, -0.2) is 35.1 Å². The molecular weight excluding hydrogens is 346 g/mol. The summed E-state index contributed by atoms with van der Waals surface area (Å²) in [6.45, 7) is 3.10. The Kier molecular flexibility index (Phi) is 15.6. The molecule has 0 bridgehead atoms. The fourth-order valence-electron chi connectivity index (χ4n) is 2.53. The minimum Gasteiger partial charge on any atom is -0.478 e. The predicted octanol–water partition coefficient (Wildman–Crippen LogP) is 4.74. The van der Waals surface area contributed by atoms with E-state index in [0.717, 1.165) is 19.4 Å². The quantitative estimate of drug-likeness (QED) is 0.320. The first-order chi connectivity index (χ1) is 13.0. The van der Waals surface area contributed by atoms with E-state index in [0.29, 0.717) is 0 Å². The van der Waals surface area contributed by atoms with Gasteiger partial charge in [-0.15, -0.1) is 0 Å². The molecule has 0 spiro atoms. The van der Waals surface area contributed by atoms with Crippen LogP contribution in [0.4, 0.5) is 0 Å². The molecule has 0 aliphatic rings. The third kappa shape index (κ3) is 14.5. The first-order valence-corrected chi connectivity index (χ1v) is 9.76. The molecule has 0 aromatic heterocycles. The largest absolute Gasteiger partial charge is 0.478 e. The number of nitrogens with one attached hydrogen (secondary N) is 1. The van der Waals surface area contributed by atoms with Gasteiger partial charge in [0.1, 0.15) is 0 Å². The van der Waals surface area contributed by atoms with Crippen molar-refractivity contribution in [3.63, 3.8) is 0 Å². The van der Waals surface area contributed by atoms with E-state index >= 15 is 0 Å². The molecule has 1 amide bonds. The molecule has 0 heterocycles. The van der Waals surface area contributed by atoms with Crippen molar-refractivity contribution in [2.24, 2.45) is 0 Å². The second-order valence-corrected chi connectivity index (χ2v) is 6.44. The summed E-state index contributed by atoms with van der Waals surface area (Å²) >= 11 is 0. The van der Waals surface area contributed by atoms with Gasteiger partial charge >= 0.3 is 11.9 Å². The van der Waals surface area contributed by atoms with E-state index in [2.05, 4.69) is 12.2 Å². The van der Waals surface area contributed by atoms with Gasteiger partial charge in [0.15, 0.2) is 0 Å². The number of aromatic carboxylic acids is 2. The second-order valence-electron chi connectivity index (χ2n) is 6.44. The van der Waals surface area contributed by atoms with Crippen LogP contribution in [0.5, 0.6) is 0 Å². The van der Waals surface area contributed by atoms with Crippen molar-refractivity contribution in [1.29, 1.82) is 0 Å². The Bertz CT molecular complexity index is 495. The smallest absolute Gasteiger partial charge is 0.335 e. The Labute approximate surface area is 162 Å². The number of hydrogen-bond donors (Lipinski definition) is 3. The summed E-state index contributed by atoms with van der Waals surface area (Å²) in [5, 5.41) is 19.6. The summed E-state index contributed by atoms with van der Waals surface area (Å²) in [6.07, 6.45) is 14.2. The molecule has 0 unspecified atom stereocenters. The van der Waals surface area contributed by atoms with Crippen molar-refractivity contribution in [2.75, 3.05) is 6.54 Å². The molecule has 0 atom stereocenters. The van der Waals surface area contributed by atoms with E-state index in [4.69, 9.17) is 10.2 Å². The zero-order valence-electron chi connectivity index (χ0n) is 16.3. The Morgan fingerprint density at radius 3 is 1.48 bits per heavy atom. The Hall–Kier alpha value is -2.37. The topological polar surface area (TPSA) is 104 Å². The monoisotopic (exact) mass is 379 g/mol. The molecule has 1 aromatic carbocycles. The van der Waals surface area contributed by atoms with E-state index < -0.39 is 11.9 Å². The molecule has 3 N–H and O–H groups in total. The number of carbonyl (C=O) groups excluding carboxylic acids is 1. The highest BCUT2D eigenvalue weighted by molar-refractivity contribution is 5.91. The average Bonchev–Trinajstić information content (AvgIpc) is 2.66. The lowest BCUT2D eigenvalue weighted by atomic mass is 10.1. The zero-order chi connectivity index (χ0) is 20.3. The molecule has 1 aromatic rings. The highest BCUT2D eigenvalue weighted by atomic mass is 16.4. The van der Waals surface area contributed by atoms with Crippen LogP contribution in [0, 0.1) is 0 Å². The highest BCUT2D eigenvalue weighted by Gasteiger charge is 2.04. The number of carbonyl (C=O) groups is 3. The van der Waals surface area contributed by atoms with Gasteiger partial charge in [-0.2, -0.15) is 0 Å². The van der Waals surface area contributed by atoms with E-state index in [-0.39, 0.29) is 11.1 Å². The molecule has 0 aliphatic heterocycles. The predicted molar refractivity (Wildman–Crippen MR) is 106 cm³/mol. The second kappa shape index (κ2) is 17.1. The van der Waals surface area contributed by atoms with E-state index in [9.17, 15) is 14.4 Å². The SMILES string of the molecule is CCCCCCCCCCCCNC=O.O=C(O)c1ccc(C(=O)O)cc1. The van der Waals surface area contributed by atoms with E-state index in [1.807, 2.05) is 0 Å². The van der Waals surface area contributed by atoms with Gasteiger partial charge in [0, 0.05) is 6.54 Å². The van der Waals surface area contributed by atoms with Gasteiger partial charge < -0.3 is 15.5 Å². The summed E-state index contributed by atoms with van der Waals surface area (Å²) < 4.78 is 0. The maximum absolute atomic E-state index is 10.3. The summed E-state index contributed by atoms with van der Waals surface area (Å²) in [5.74, 6) is -2.13. The summed E-state index contributed by atoms with van der Waals surface area (Å²) in [6, 6.07) is 5.02. The van der Waals surface area contributed by atoms with Crippen LogP contribution < -0.4 is 5.32 Å². The van der Waals surface area contributed by atoms with Crippen molar-refractivity contribution >= 4 is 18.3 Å². The number of unbranched alkanes of at least 4 members (excludes halogenated alkanes) is 9. The third-order valence-corrected chi connectivity index (χ3v) is 4.14. The van der Waals surface area contributed by atoms with Crippen molar-refractivity contribution < 1.29 is 24.6 Å². The van der Waals surface area contributed by atoms with Crippen LogP contribution >= 0.6 is 0 Å². The van der Waals surface area contributed by atoms with Crippen LogP contribution in [0.3, 0.4) is 0 Å². The number of rotatable bonds is 14. The summed E-state index contributed by atoms with van der Waals surface area (Å²) in [4.78, 5) is 30.6.